The predicted molar refractivity (Wildman–Crippen MR) is 25.0 cm³/mol. The molecule has 0 aromatic carbocycles. The van der Waals surface area contributed by atoms with Gasteiger partial charge in [0.1, 0.15) is 0 Å². The van der Waals surface area contributed by atoms with Gasteiger partial charge in [-0.2, -0.15) is 0 Å². The summed E-state index contributed by atoms with van der Waals surface area (Å²) in [6, 6.07) is -0.361. The standard InChI is InChI=1S/C5H8/c1-4-5(2)3/h4H,1-2H2,3H3/i1D2,2D2,4D. The van der Waals surface area contributed by atoms with E-state index >= 15 is 0 Å². The topological polar surface area (TPSA) is 0 Å². The van der Waals surface area contributed by atoms with Crippen molar-refractivity contribution in [1.29, 1.82) is 0 Å². The summed E-state index contributed by atoms with van der Waals surface area (Å²) in [5.74, 6) is 0. The van der Waals surface area contributed by atoms with Crippen LogP contribution in [0.4, 0.5) is 0 Å². The molecule has 0 unspecified atom stereocenters. The maximum atomic E-state index is 6.97. The Morgan fingerprint density at radius 1 is 2.40 bits per heavy atom. The predicted octanol–water partition coefficient (Wildman–Crippen LogP) is 1.75. The van der Waals surface area contributed by atoms with E-state index in [0.29, 0.717) is 0 Å². The largest absolute Gasteiger partial charge is 0.0988 e. The van der Waals surface area contributed by atoms with Crippen LogP contribution >= 0.6 is 0 Å². The fraction of sp³-hybridized carbons (Fsp3) is 0.200. The number of hydrogen-bond donors (Lipinski definition) is 0. The molecule has 0 radical (unpaired) electrons. The molecule has 0 aliphatic heterocycles. The lowest BCUT2D eigenvalue weighted by molar-refractivity contribution is 1.58. The van der Waals surface area contributed by atoms with Crippen molar-refractivity contribution in [3.63, 3.8) is 0 Å². The van der Waals surface area contributed by atoms with Crippen LogP contribution in [0.15, 0.2) is 24.7 Å². The van der Waals surface area contributed by atoms with Gasteiger partial charge in [0.05, 0.1) is 6.85 Å². The molecule has 28 valence electrons. The monoisotopic (exact) mass is 73.1 g/mol. The Bertz CT molecular complexity index is 160. The third kappa shape index (κ3) is 3.48. The average Bonchev–Trinajstić information content (AvgIpc) is 1.84. The zero-order valence-electron chi connectivity index (χ0n) is 8.00. The first-order valence-electron chi connectivity index (χ1n) is 3.75. The van der Waals surface area contributed by atoms with Gasteiger partial charge in [0.25, 0.3) is 0 Å². The van der Waals surface area contributed by atoms with Crippen LogP contribution in [-0.2, 0) is 0 Å². The smallest absolute Gasteiger partial charge is 0.0619 e. The summed E-state index contributed by atoms with van der Waals surface area (Å²) in [4.78, 5) is 0. The first kappa shape index (κ1) is 0.754. The number of hydrogen-bond acceptors (Lipinski definition) is 0. The van der Waals surface area contributed by atoms with Gasteiger partial charge in [-0.1, -0.05) is 24.7 Å². The summed E-state index contributed by atoms with van der Waals surface area (Å²) < 4.78 is 33.8. The molecule has 0 amide bonds. The summed E-state index contributed by atoms with van der Waals surface area (Å²) in [7, 11) is 0. The Morgan fingerprint density at radius 2 is 3.20 bits per heavy atom. The maximum Gasteiger partial charge on any atom is 0.0619 e. The molecule has 0 aromatic heterocycles. The fourth-order valence-electron chi connectivity index (χ4n) is 0. The molecule has 0 atom stereocenters. The van der Waals surface area contributed by atoms with Gasteiger partial charge in [0, 0.05) is 0 Å². The molecule has 0 N–H and O–H groups in total. The molecule has 0 aliphatic rings. The first-order chi connectivity index (χ1) is 4.46. The molecule has 0 spiro atoms. The Labute approximate surface area is 39.8 Å². The van der Waals surface area contributed by atoms with Gasteiger partial charge in [-0.3, -0.25) is 0 Å². The average molecular weight is 73.1 g/mol. The highest BCUT2D eigenvalue weighted by atomic mass is 13.7. The Balaban J connectivity index is 4.71. The van der Waals surface area contributed by atoms with Gasteiger partial charge >= 0.3 is 0 Å². The third-order valence-corrected chi connectivity index (χ3v) is 0.188. The highest BCUT2D eigenvalue weighted by Crippen LogP contribution is 1.81. The van der Waals surface area contributed by atoms with E-state index < -0.39 is 13.1 Å². The van der Waals surface area contributed by atoms with E-state index in [1.807, 2.05) is 0 Å². The molecular formula is C5H8. The zero-order valence-corrected chi connectivity index (χ0v) is 3.00. The van der Waals surface area contributed by atoms with E-state index in [9.17, 15) is 0 Å². The van der Waals surface area contributed by atoms with E-state index in [-0.39, 0.29) is 11.6 Å². The highest BCUT2D eigenvalue weighted by Gasteiger charge is 1.59. The van der Waals surface area contributed by atoms with E-state index in [1.54, 1.807) is 0 Å². The first-order valence-corrected chi connectivity index (χ1v) is 1.25. The van der Waals surface area contributed by atoms with Crippen molar-refractivity contribution in [1.82, 2.24) is 0 Å². The normalized spacial score (nSPS) is 19.0. The minimum atomic E-state index is -0.658. The van der Waals surface area contributed by atoms with Gasteiger partial charge in [-0.15, -0.1) is 0 Å². The number of rotatable bonds is 1. The van der Waals surface area contributed by atoms with Crippen LogP contribution in [0.25, 0.3) is 0 Å². The van der Waals surface area contributed by atoms with Crippen LogP contribution < -0.4 is 0 Å². The molecule has 5 heavy (non-hydrogen) atoms. The van der Waals surface area contributed by atoms with Crippen LogP contribution in [-0.4, -0.2) is 0 Å². The second-order valence-corrected chi connectivity index (χ2v) is 0.750. The molecule has 0 saturated carbocycles. The highest BCUT2D eigenvalue weighted by molar-refractivity contribution is 5.05. The fourth-order valence-corrected chi connectivity index (χ4v) is 0. The van der Waals surface area contributed by atoms with Crippen molar-refractivity contribution < 1.29 is 6.85 Å². The van der Waals surface area contributed by atoms with E-state index in [0.717, 1.165) is 0 Å². The second-order valence-electron chi connectivity index (χ2n) is 0.750. The molecule has 0 aliphatic carbocycles. The Morgan fingerprint density at radius 3 is 3.40 bits per heavy atom. The molecular weight excluding hydrogens is 60.1 g/mol. The minimum Gasteiger partial charge on any atom is -0.0988 e. The van der Waals surface area contributed by atoms with Crippen LogP contribution in [0, 0.1) is 0 Å². The summed E-state index contributed by atoms with van der Waals surface area (Å²) in [6.07, 6.45) is 0. The van der Waals surface area contributed by atoms with Crippen molar-refractivity contribution in [2.24, 2.45) is 0 Å². The zero-order chi connectivity index (χ0) is 8.31. The lowest BCUT2D eigenvalue weighted by atomic mass is 10.4. The molecule has 0 bridgehead atoms. The summed E-state index contributed by atoms with van der Waals surface area (Å²) in [5, 5.41) is 0. The molecule has 0 nitrogen and oxygen atoms in total. The van der Waals surface area contributed by atoms with E-state index in [4.69, 9.17) is 6.85 Å². The van der Waals surface area contributed by atoms with Crippen molar-refractivity contribution in [2.75, 3.05) is 0 Å². The van der Waals surface area contributed by atoms with E-state index in [1.165, 1.54) is 6.92 Å². The third-order valence-electron chi connectivity index (χ3n) is 0.188. The summed E-state index contributed by atoms with van der Waals surface area (Å²) >= 11 is 0. The molecule has 0 heteroatoms. The maximum absolute atomic E-state index is 6.97. The van der Waals surface area contributed by atoms with Gasteiger partial charge in [-0.05, 0) is 6.92 Å². The summed E-state index contributed by atoms with van der Waals surface area (Å²) in [6.45, 7) is 0.206. The molecule has 0 fully saturated rings. The van der Waals surface area contributed by atoms with Gasteiger partial charge in [-0.25, -0.2) is 0 Å². The van der Waals surface area contributed by atoms with E-state index in [2.05, 4.69) is 0 Å². The van der Waals surface area contributed by atoms with Crippen LogP contribution in [0.5, 0.6) is 0 Å². The van der Waals surface area contributed by atoms with Crippen molar-refractivity contribution >= 4 is 0 Å². The Kier molecular flexibility index (Phi) is 0.267. The van der Waals surface area contributed by atoms with Gasteiger partial charge < -0.3 is 0 Å². The van der Waals surface area contributed by atoms with Crippen molar-refractivity contribution in [3.05, 3.63) is 24.7 Å². The molecule has 0 saturated heterocycles. The lowest BCUT2D eigenvalue weighted by Crippen LogP contribution is -1.50. The van der Waals surface area contributed by atoms with Crippen LogP contribution in [0.2, 0.25) is 0 Å². The van der Waals surface area contributed by atoms with Crippen molar-refractivity contribution in [2.45, 2.75) is 6.92 Å². The number of allylic oxidation sites excluding steroid dienone is 2. The van der Waals surface area contributed by atoms with Crippen LogP contribution in [0.3, 0.4) is 0 Å². The molecule has 0 aromatic rings. The lowest BCUT2D eigenvalue weighted by Gasteiger charge is -1.71. The molecule has 0 rings (SSSR count). The van der Waals surface area contributed by atoms with Gasteiger partial charge in [0.15, 0.2) is 0 Å². The van der Waals surface area contributed by atoms with Crippen LogP contribution in [0.1, 0.15) is 13.8 Å². The minimum absolute atomic E-state index is 0.0556. The van der Waals surface area contributed by atoms with Gasteiger partial charge in [0.2, 0.25) is 0 Å². The summed E-state index contributed by atoms with van der Waals surface area (Å²) in [5.41, 5.74) is 0.0556. The second kappa shape index (κ2) is 1.77. The van der Waals surface area contributed by atoms with Crippen molar-refractivity contribution in [3.8, 4) is 0 Å². The SMILES string of the molecule is [2H]C([2H])=C([2H])C(C)=C([2H])[2H]. The Hall–Kier alpha value is -0.520. The quantitative estimate of drug-likeness (QED) is 0.415. The molecule has 0 heterocycles.